The lowest BCUT2D eigenvalue weighted by Gasteiger charge is -2.21. The number of rotatable bonds is 6. The maximum Gasteiger partial charge on any atom is 0.252 e. The predicted molar refractivity (Wildman–Crippen MR) is 76.6 cm³/mol. The topological polar surface area (TPSA) is 49.3 Å². The van der Waals surface area contributed by atoms with Gasteiger partial charge in [-0.3, -0.25) is 4.79 Å². The number of aliphatic hydroxyl groups is 1. The Morgan fingerprint density at radius 3 is 2.67 bits per heavy atom. The van der Waals surface area contributed by atoms with Crippen LogP contribution in [0.25, 0.3) is 0 Å². The number of halogens is 1. The molecule has 1 rings (SSSR count). The van der Waals surface area contributed by atoms with Gasteiger partial charge in [-0.1, -0.05) is 26.0 Å². The highest BCUT2D eigenvalue weighted by Crippen LogP contribution is 2.20. The Bertz CT molecular complexity index is 405. The van der Waals surface area contributed by atoms with Gasteiger partial charge >= 0.3 is 0 Å². The summed E-state index contributed by atoms with van der Waals surface area (Å²) in [5.41, 5.74) is 0.580. The van der Waals surface area contributed by atoms with Gasteiger partial charge in [0.25, 0.3) is 5.91 Å². The molecule has 0 bridgehead atoms. The predicted octanol–water partition coefficient (Wildman–Crippen LogP) is 2.98. The van der Waals surface area contributed by atoms with Crippen LogP contribution in [0.3, 0.4) is 0 Å². The molecule has 100 valence electrons. The number of aliphatic hydroxyl groups excluding tert-OH is 1. The first-order valence-corrected chi connectivity index (χ1v) is 6.89. The maximum atomic E-state index is 11.9. The Morgan fingerprint density at radius 2 is 2.06 bits per heavy atom. The first-order valence-electron chi connectivity index (χ1n) is 6.10. The molecule has 3 nitrogen and oxygen atoms in total. The summed E-state index contributed by atoms with van der Waals surface area (Å²) in [6, 6.07) is 7.36. The number of hydrogen-bond acceptors (Lipinski definition) is 2. The van der Waals surface area contributed by atoms with Crippen molar-refractivity contribution in [1.82, 2.24) is 5.32 Å². The highest BCUT2D eigenvalue weighted by molar-refractivity contribution is 9.10. The molecule has 0 aliphatic heterocycles. The molecule has 0 radical (unpaired) electrons. The van der Waals surface area contributed by atoms with Crippen LogP contribution in [-0.2, 0) is 0 Å². The van der Waals surface area contributed by atoms with E-state index in [1.807, 2.05) is 32.0 Å². The largest absolute Gasteiger partial charge is 0.396 e. The van der Waals surface area contributed by atoms with Gasteiger partial charge in [0.15, 0.2) is 0 Å². The van der Waals surface area contributed by atoms with Crippen molar-refractivity contribution in [3.8, 4) is 0 Å². The summed E-state index contributed by atoms with van der Waals surface area (Å²) >= 11 is 3.35. The van der Waals surface area contributed by atoms with Gasteiger partial charge in [0, 0.05) is 17.6 Å². The average molecular weight is 314 g/mol. The van der Waals surface area contributed by atoms with E-state index in [2.05, 4.69) is 21.2 Å². The Labute approximate surface area is 117 Å². The van der Waals surface area contributed by atoms with Crippen LogP contribution in [0.2, 0.25) is 0 Å². The van der Waals surface area contributed by atoms with Crippen LogP contribution < -0.4 is 5.32 Å². The van der Waals surface area contributed by atoms with Crippen molar-refractivity contribution in [3.63, 3.8) is 0 Å². The summed E-state index contributed by atoms with van der Waals surface area (Å²) in [6.45, 7) is 4.83. The lowest BCUT2D eigenvalue weighted by atomic mass is 9.89. The van der Waals surface area contributed by atoms with E-state index < -0.39 is 0 Å². The number of amides is 1. The van der Waals surface area contributed by atoms with Crippen molar-refractivity contribution in [3.05, 3.63) is 34.3 Å². The standard InChI is InChI=1S/C14H20BrNO2/c1-14(2,10-17)8-5-9-16-13(18)11-6-3-4-7-12(11)15/h3-4,6-7,17H,5,8-10H2,1-2H3,(H,16,18). The Balaban J connectivity index is 2.37. The van der Waals surface area contributed by atoms with Crippen LogP contribution in [0, 0.1) is 5.41 Å². The van der Waals surface area contributed by atoms with Gasteiger partial charge < -0.3 is 10.4 Å². The SMILES string of the molecule is CC(C)(CO)CCCNC(=O)c1ccccc1Br. The zero-order valence-electron chi connectivity index (χ0n) is 10.9. The van der Waals surface area contributed by atoms with Gasteiger partial charge in [-0.15, -0.1) is 0 Å². The molecule has 0 atom stereocenters. The van der Waals surface area contributed by atoms with Crippen LogP contribution >= 0.6 is 15.9 Å². The van der Waals surface area contributed by atoms with E-state index in [4.69, 9.17) is 5.11 Å². The van der Waals surface area contributed by atoms with E-state index in [1.165, 1.54) is 0 Å². The van der Waals surface area contributed by atoms with Crippen LogP contribution in [0.1, 0.15) is 37.0 Å². The van der Waals surface area contributed by atoms with Crippen molar-refractivity contribution in [2.75, 3.05) is 13.2 Å². The van der Waals surface area contributed by atoms with Crippen molar-refractivity contribution in [2.45, 2.75) is 26.7 Å². The van der Waals surface area contributed by atoms with Crippen molar-refractivity contribution in [2.24, 2.45) is 5.41 Å². The molecule has 0 aliphatic carbocycles. The third-order valence-electron chi connectivity index (χ3n) is 2.86. The van der Waals surface area contributed by atoms with E-state index >= 15 is 0 Å². The number of benzene rings is 1. The van der Waals surface area contributed by atoms with Gasteiger partial charge in [0.2, 0.25) is 0 Å². The quantitative estimate of drug-likeness (QED) is 0.793. The summed E-state index contributed by atoms with van der Waals surface area (Å²) in [5, 5.41) is 12.0. The summed E-state index contributed by atoms with van der Waals surface area (Å²) in [5.74, 6) is -0.0655. The Morgan fingerprint density at radius 1 is 1.39 bits per heavy atom. The highest BCUT2D eigenvalue weighted by atomic mass is 79.9. The minimum Gasteiger partial charge on any atom is -0.396 e. The number of carbonyl (C=O) groups excluding carboxylic acids is 1. The summed E-state index contributed by atoms with van der Waals surface area (Å²) < 4.78 is 0.804. The van der Waals surface area contributed by atoms with Crippen LogP contribution in [-0.4, -0.2) is 24.2 Å². The third kappa shape index (κ3) is 4.78. The molecule has 0 saturated carbocycles. The van der Waals surface area contributed by atoms with Crippen molar-refractivity contribution in [1.29, 1.82) is 0 Å². The molecule has 0 aliphatic rings. The molecule has 0 spiro atoms. The molecular weight excluding hydrogens is 294 g/mol. The molecule has 1 aromatic rings. The fourth-order valence-corrected chi connectivity index (χ4v) is 2.05. The molecule has 18 heavy (non-hydrogen) atoms. The van der Waals surface area contributed by atoms with Gasteiger partial charge in [-0.05, 0) is 46.3 Å². The lowest BCUT2D eigenvalue weighted by Crippen LogP contribution is -2.26. The maximum absolute atomic E-state index is 11.9. The second-order valence-electron chi connectivity index (χ2n) is 5.16. The van der Waals surface area contributed by atoms with Gasteiger partial charge in [0.05, 0.1) is 5.56 Å². The molecule has 1 amide bonds. The van der Waals surface area contributed by atoms with E-state index in [9.17, 15) is 4.79 Å². The van der Waals surface area contributed by atoms with Crippen molar-refractivity contribution >= 4 is 21.8 Å². The molecule has 0 saturated heterocycles. The minimum atomic E-state index is -0.0714. The number of carbonyl (C=O) groups is 1. The first kappa shape index (κ1) is 15.2. The zero-order valence-corrected chi connectivity index (χ0v) is 12.5. The molecular formula is C14H20BrNO2. The molecule has 0 unspecified atom stereocenters. The highest BCUT2D eigenvalue weighted by Gasteiger charge is 2.16. The molecule has 0 fully saturated rings. The monoisotopic (exact) mass is 313 g/mol. The fraction of sp³-hybridized carbons (Fsp3) is 0.500. The van der Waals surface area contributed by atoms with E-state index in [-0.39, 0.29) is 17.9 Å². The number of nitrogens with one attached hydrogen (secondary N) is 1. The summed E-state index contributed by atoms with van der Waals surface area (Å²) in [7, 11) is 0. The van der Waals surface area contributed by atoms with Crippen LogP contribution in [0.15, 0.2) is 28.7 Å². The van der Waals surface area contributed by atoms with Gasteiger partial charge in [-0.25, -0.2) is 0 Å². The van der Waals surface area contributed by atoms with E-state index in [0.29, 0.717) is 12.1 Å². The molecule has 2 N–H and O–H groups in total. The zero-order chi connectivity index (χ0) is 13.6. The molecule has 1 aromatic carbocycles. The molecule has 0 heterocycles. The van der Waals surface area contributed by atoms with E-state index in [1.54, 1.807) is 6.07 Å². The molecule has 0 aromatic heterocycles. The van der Waals surface area contributed by atoms with Crippen molar-refractivity contribution < 1.29 is 9.90 Å². The smallest absolute Gasteiger partial charge is 0.252 e. The fourth-order valence-electron chi connectivity index (χ4n) is 1.59. The third-order valence-corrected chi connectivity index (χ3v) is 3.55. The average Bonchev–Trinajstić information content (AvgIpc) is 2.35. The Kier molecular flexibility index (Phi) is 5.82. The molecule has 4 heteroatoms. The second-order valence-corrected chi connectivity index (χ2v) is 6.02. The lowest BCUT2D eigenvalue weighted by molar-refractivity contribution is 0.0948. The van der Waals surface area contributed by atoms with Crippen LogP contribution in [0.5, 0.6) is 0 Å². The summed E-state index contributed by atoms with van der Waals surface area (Å²) in [6.07, 6.45) is 1.75. The van der Waals surface area contributed by atoms with Gasteiger partial charge in [-0.2, -0.15) is 0 Å². The van der Waals surface area contributed by atoms with Gasteiger partial charge in [0.1, 0.15) is 0 Å². The second kappa shape index (κ2) is 6.90. The first-order chi connectivity index (χ1) is 8.46. The summed E-state index contributed by atoms with van der Waals surface area (Å²) in [4.78, 5) is 11.9. The van der Waals surface area contributed by atoms with Crippen LogP contribution in [0.4, 0.5) is 0 Å². The number of hydrogen-bond donors (Lipinski definition) is 2. The minimum absolute atomic E-state index is 0.0655. The van der Waals surface area contributed by atoms with E-state index in [0.717, 1.165) is 17.3 Å². The Hall–Kier alpha value is -0.870. The normalized spacial score (nSPS) is 11.3.